The number of ether oxygens (including phenoxy) is 3. The summed E-state index contributed by atoms with van der Waals surface area (Å²) in [7, 11) is 1.57. The van der Waals surface area contributed by atoms with Gasteiger partial charge in [-0.15, -0.1) is 0 Å². The first kappa shape index (κ1) is 24.0. The molecule has 0 unspecified atom stereocenters. The Balaban J connectivity index is 1.96. The summed E-state index contributed by atoms with van der Waals surface area (Å²) < 4.78 is 16.3. The van der Waals surface area contributed by atoms with Gasteiger partial charge in [0.15, 0.2) is 17.6 Å². The van der Waals surface area contributed by atoms with E-state index in [1.807, 2.05) is 38.1 Å². The van der Waals surface area contributed by atoms with Crippen molar-refractivity contribution >= 4 is 23.6 Å². The van der Waals surface area contributed by atoms with Gasteiger partial charge in [-0.3, -0.25) is 4.79 Å². The Hall–Kier alpha value is -3.28. The topological polar surface area (TPSA) is 73.9 Å². The van der Waals surface area contributed by atoms with Gasteiger partial charge in [0.25, 0.3) is 5.91 Å². The van der Waals surface area contributed by atoms with E-state index >= 15 is 0 Å². The molecule has 166 valence electrons. The smallest absolute Gasteiger partial charge is 0.331 e. The van der Waals surface area contributed by atoms with Gasteiger partial charge in [0.05, 0.1) is 13.7 Å². The number of nitrogens with one attached hydrogen (secondary N) is 1. The fraction of sp³-hybridized carbons (Fsp3) is 0.360. The zero-order chi connectivity index (χ0) is 23.0. The minimum Gasteiger partial charge on any atom is -0.493 e. The molecule has 0 aromatic heterocycles. The fourth-order valence-electron chi connectivity index (χ4n) is 2.70. The first-order valence-electron chi connectivity index (χ1n) is 10.3. The lowest BCUT2D eigenvalue weighted by Gasteiger charge is -2.14. The van der Waals surface area contributed by atoms with Crippen molar-refractivity contribution in [1.29, 1.82) is 0 Å². The van der Waals surface area contributed by atoms with Gasteiger partial charge in [-0.2, -0.15) is 0 Å². The van der Waals surface area contributed by atoms with Crippen LogP contribution in [0.5, 0.6) is 11.5 Å². The van der Waals surface area contributed by atoms with Crippen molar-refractivity contribution in [2.75, 3.05) is 19.0 Å². The fourth-order valence-corrected chi connectivity index (χ4v) is 2.70. The molecule has 0 fully saturated rings. The van der Waals surface area contributed by atoms with Crippen molar-refractivity contribution in [3.05, 3.63) is 59.2 Å². The van der Waals surface area contributed by atoms with Gasteiger partial charge in [-0.1, -0.05) is 32.0 Å². The summed E-state index contributed by atoms with van der Waals surface area (Å²) in [4.78, 5) is 24.5. The van der Waals surface area contributed by atoms with Gasteiger partial charge < -0.3 is 19.5 Å². The van der Waals surface area contributed by atoms with Crippen LogP contribution in [-0.4, -0.2) is 31.7 Å². The zero-order valence-electron chi connectivity index (χ0n) is 19.0. The van der Waals surface area contributed by atoms with Crippen LogP contribution < -0.4 is 14.8 Å². The van der Waals surface area contributed by atoms with E-state index in [9.17, 15) is 9.59 Å². The normalized spacial score (nSPS) is 12.0. The first-order valence-corrected chi connectivity index (χ1v) is 10.3. The summed E-state index contributed by atoms with van der Waals surface area (Å²) in [6, 6.07) is 11.2. The van der Waals surface area contributed by atoms with E-state index in [1.54, 1.807) is 25.3 Å². The number of amides is 1. The van der Waals surface area contributed by atoms with Crippen LogP contribution in [0.25, 0.3) is 6.08 Å². The van der Waals surface area contributed by atoms with Crippen molar-refractivity contribution in [1.82, 2.24) is 0 Å². The van der Waals surface area contributed by atoms with Gasteiger partial charge in [0, 0.05) is 11.8 Å². The predicted octanol–water partition coefficient (Wildman–Crippen LogP) is 4.93. The van der Waals surface area contributed by atoms with Gasteiger partial charge in [0.2, 0.25) is 0 Å². The second-order valence-electron chi connectivity index (χ2n) is 7.84. The lowest BCUT2D eigenvalue weighted by atomic mass is 10.1. The summed E-state index contributed by atoms with van der Waals surface area (Å²) >= 11 is 0. The van der Waals surface area contributed by atoms with Gasteiger partial charge >= 0.3 is 5.97 Å². The molecule has 0 aliphatic heterocycles. The summed E-state index contributed by atoms with van der Waals surface area (Å²) in [5, 5.41) is 2.80. The Labute approximate surface area is 184 Å². The van der Waals surface area contributed by atoms with Crippen LogP contribution in [0.1, 0.15) is 37.5 Å². The number of hydrogen-bond acceptors (Lipinski definition) is 5. The molecule has 1 N–H and O–H groups in total. The van der Waals surface area contributed by atoms with Crippen molar-refractivity contribution in [2.24, 2.45) is 5.92 Å². The molecule has 0 bridgehead atoms. The molecule has 6 heteroatoms. The first-order chi connectivity index (χ1) is 14.7. The maximum absolute atomic E-state index is 12.4. The zero-order valence-corrected chi connectivity index (χ0v) is 19.0. The molecule has 2 aromatic rings. The highest BCUT2D eigenvalue weighted by molar-refractivity contribution is 5.97. The van der Waals surface area contributed by atoms with E-state index in [2.05, 4.69) is 19.2 Å². The number of hydrogen-bond donors (Lipinski definition) is 1. The number of methoxy groups -OCH3 is 1. The second kappa shape index (κ2) is 11.2. The van der Waals surface area contributed by atoms with E-state index in [0.717, 1.165) is 16.7 Å². The number of carbonyl (C=O) groups is 2. The van der Waals surface area contributed by atoms with Crippen LogP contribution in [0.2, 0.25) is 0 Å². The maximum Gasteiger partial charge on any atom is 0.331 e. The number of esters is 1. The van der Waals surface area contributed by atoms with E-state index in [4.69, 9.17) is 14.2 Å². The molecule has 1 amide bonds. The molecule has 0 aliphatic carbocycles. The van der Waals surface area contributed by atoms with Crippen LogP contribution in [0.3, 0.4) is 0 Å². The molecule has 6 nitrogen and oxygen atoms in total. The highest BCUT2D eigenvalue weighted by atomic mass is 16.5. The highest BCUT2D eigenvalue weighted by Gasteiger charge is 2.17. The van der Waals surface area contributed by atoms with Gasteiger partial charge in [0.1, 0.15) is 0 Å². The quantitative estimate of drug-likeness (QED) is 0.455. The van der Waals surface area contributed by atoms with Crippen LogP contribution in [0.15, 0.2) is 42.5 Å². The summed E-state index contributed by atoms with van der Waals surface area (Å²) in [5.41, 5.74) is 3.42. The van der Waals surface area contributed by atoms with Crippen LogP contribution in [0, 0.1) is 19.8 Å². The number of benzene rings is 2. The van der Waals surface area contributed by atoms with Gasteiger partial charge in [-0.05, 0) is 67.7 Å². The largest absolute Gasteiger partial charge is 0.493 e. The van der Waals surface area contributed by atoms with E-state index in [1.165, 1.54) is 13.0 Å². The van der Waals surface area contributed by atoms with Crippen molar-refractivity contribution < 1.29 is 23.8 Å². The van der Waals surface area contributed by atoms with Crippen molar-refractivity contribution in [2.45, 2.75) is 40.7 Å². The summed E-state index contributed by atoms with van der Waals surface area (Å²) in [5.74, 6) is 0.629. The number of rotatable bonds is 9. The Kier molecular flexibility index (Phi) is 8.67. The van der Waals surface area contributed by atoms with Crippen LogP contribution >= 0.6 is 0 Å². The molecule has 0 radical (unpaired) electrons. The minimum absolute atomic E-state index is 0.385. The third kappa shape index (κ3) is 7.48. The van der Waals surface area contributed by atoms with E-state index in [-0.39, 0.29) is 5.91 Å². The highest BCUT2D eigenvalue weighted by Crippen LogP contribution is 2.29. The minimum atomic E-state index is -0.932. The molecule has 0 saturated heterocycles. The molecule has 2 rings (SSSR count). The standard InChI is InChI=1S/C25H31NO5/c1-16(2)15-30-22-11-9-20(14-23(22)29-6)10-12-24(27)31-19(5)25(28)26-21-13-17(3)7-8-18(21)4/h7-14,16,19H,15H2,1-6H3,(H,26,28)/b12-10+/t19-/m0/s1. The molecule has 0 aliphatic rings. The molecule has 2 aromatic carbocycles. The summed E-state index contributed by atoms with van der Waals surface area (Å²) in [6.07, 6.45) is 1.95. The molecule has 0 spiro atoms. The Bertz CT molecular complexity index is 949. The summed E-state index contributed by atoms with van der Waals surface area (Å²) in [6.45, 7) is 10.1. The molecular weight excluding hydrogens is 394 g/mol. The SMILES string of the molecule is COc1cc(/C=C/C(=O)O[C@@H](C)C(=O)Nc2cc(C)ccc2C)ccc1OCC(C)C. The van der Waals surface area contributed by atoms with Crippen molar-refractivity contribution in [3.8, 4) is 11.5 Å². The predicted molar refractivity (Wildman–Crippen MR) is 122 cm³/mol. The number of aryl methyl sites for hydroxylation is 2. The van der Waals surface area contributed by atoms with E-state index < -0.39 is 12.1 Å². The monoisotopic (exact) mass is 425 g/mol. The number of carbonyl (C=O) groups excluding carboxylic acids is 2. The molecule has 0 heterocycles. The Morgan fingerprint density at radius 2 is 1.77 bits per heavy atom. The van der Waals surface area contributed by atoms with Crippen molar-refractivity contribution in [3.63, 3.8) is 0 Å². The van der Waals surface area contributed by atoms with Crippen LogP contribution in [-0.2, 0) is 14.3 Å². The lowest BCUT2D eigenvalue weighted by Crippen LogP contribution is -2.29. The number of anilines is 1. The van der Waals surface area contributed by atoms with E-state index in [0.29, 0.717) is 29.7 Å². The third-order valence-electron chi connectivity index (χ3n) is 4.48. The Morgan fingerprint density at radius 1 is 1.03 bits per heavy atom. The van der Waals surface area contributed by atoms with Crippen LogP contribution in [0.4, 0.5) is 5.69 Å². The molecular formula is C25H31NO5. The molecule has 31 heavy (non-hydrogen) atoms. The van der Waals surface area contributed by atoms with Gasteiger partial charge in [-0.25, -0.2) is 4.79 Å². The Morgan fingerprint density at radius 3 is 2.45 bits per heavy atom. The molecule has 0 saturated carbocycles. The average molecular weight is 426 g/mol. The second-order valence-corrected chi connectivity index (χ2v) is 7.84. The average Bonchev–Trinajstić information content (AvgIpc) is 2.73. The lowest BCUT2D eigenvalue weighted by molar-refractivity contribution is -0.148. The maximum atomic E-state index is 12.4. The molecule has 1 atom stereocenters. The third-order valence-corrected chi connectivity index (χ3v) is 4.48.